The lowest BCUT2D eigenvalue weighted by atomic mass is 9.97. The molecule has 0 aromatic heterocycles. The molecule has 0 saturated heterocycles. The van der Waals surface area contributed by atoms with Crippen LogP contribution in [-0.2, 0) is 13.0 Å². The lowest BCUT2D eigenvalue weighted by Gasteiger charge is -2.31. The highest BCUT2D eigenvalue weighted by Gasteiger charge is 2.17. The highest BCUT2D eigenvalue weighted by atomic mass is 15.1. The molecule has 1 aliphatic heterocycles. The molecule has 0 unspecified atom stereocenters. The number of hydrogen-bond donors (Lipinski definition) is 1. The minimum absolute atomic E-state index is 0.699. The molecule has 0 saturated carbocycles. The number of nitrogen functional groups attached to an aromatic ring is 1. The summed E-state index contributed by atoms with van der Waals surface area (Å²) >= 11 is 0. The van der Waals surface area contributed by atoms with Gasteiger partial charge >= 0.3 is 0 Å². The first kappa shape index (κ1) is 11.6. The fourth-order valence-corrected chi connectivity index (χ4v) is 2.61. The van der Waals surface area contributed by atoms with Crippen LogP contribution in [0.15, 0.2) is 42.5 Å². The van der Waals surface area contributed by atoms with E-state index < -0.39 is 0 Å². The van der Waals surface area contributed by atoms with Crippen LogP contribution in [-0.4, -0.2) is 6.54 Å². The third-order valence-electron chi connectivity index (χ3n) is 3.66. The topological polar surface area (TPSA) is 53.0 Å². The molecule has 0 amide bonds. The van der Waals surface area contributed by atoms with E-state index in [9.17, 15) is 0 Å². The average molecular weight is 249 g/mol. The molecule has 1 aliphatic rings. The summed E-state index contributed by atoms with van der Waals surface area (Å²) < 4.78 is 0. The van der Waals surface area contributed by atoms with Crippen LogP contribution in [0.4, 0.5) is 11.4 Å². The van der Waals surface area contributed by atoms with Crippen molar-refractivity contribution in [3.63, 3.8) is 0 Å². The molecule has 0 fully saturated rings. The van der Waals surface area contributed by atoms with Crippen LogP contribution in [0, 0.1) is 11.3 Å². The van der Waals surface area contributed by atoms with Gasteiger partial charge in [0.2, 0.25) is 0 Å². The first-order chi connectivity index (χ1) is 9.28. The lowest BCUT2D eigenvalue weighted by molar-refractivity contribution is 0.733. The number of hydrogen-bond acceptors (Lipinski definition) is 3. The van der Waals surface area contributed by atoms with Gasteiger partial charge in [0.25, 0.3) is 0 Å². The molecule has 0 bridgehead atoms. The molecule has 2 N–H and O–H groups in total. The second-order valence-electron chi connectivity index (χ2n) is 4.82. The van der Waals surface area contributed by atoms with Crippen molar-refractivity contribution in [2.75, 3.05) is 17.2 Å². The van der Waals surface area contributed by atoms with Gasteiger partial charge in [-0.15, -0.1) is 0 Å². The molecule has 19 heavy (non-hydrogen) atoms. The summed E-state index contributed by atoms with van der Waals surface area (Å²) in [6.07, 6.45) is 0.974. The summed E-state index contributed by atoms with van der Waals surface area (Å²) in [5, 5.41) is 8.82. The Labute approximate surface area is 112 Å². The number of fused-ring (bicyclic) bond motifs is 1. The van der Waals surface area contributed by atoms with Crippen molar-refractivity contribution in [1.82, 2.24) is 0 Å². The van der Waals surface area contributed by atoms with Crippen molar-refractivity contribution >= 4 is 11.4 Å². The molecule has 2 aromatic carbocycles. The van der Waals surface area contributed by atoms with E-state index in [1.807, 2.05) is 36.4 Å². The number of nitrogens with zero attached hydrogens (tertiary/aromatic N) is 2. The normalized spacial score (nSPS) is 13.7. The SMILES string of the molecule is N#Cc1ccc(N2CCc3c(N)cccc3C2)cc1. The van der Waals surface area contributed by atoms with Gasteiger partial charge in [0.05, 0.1) is 11.6 Å². The summed E-state index contributed by atoms with van der Waals surface area (Å²) in [7, 11) is 0. The molecule has 0 aliphatic carbocycles. The van der Waals surface area contributed by atoms with E-state index in [0.29, 0.717) is 5.56 Å². The third kappa shape index (κ3) is 2.13. The molecule has 0 radical (unpaired) electrons. The Morgan fingerprint density at radius 1 is 1.11 bits per heavy atom. The third-order valence-corrected chi connectivity index (χ3v) is 3.66. The van der Waals surface area contributed by atoms with E-state index in [-0.39, 0.29) is 0 Å². The van der Waals surface area contributed by atoms with Gasteiger partial charge in [0, 0.05) is 24.5 Å². The quantitative estimate of drug-likeness (QED) is 0.791. The van der Waals surface area contributed by atoms with Crippen LogP contribution in [0.5, 0.6) is 0 Å². The van der Waals surface area contributed by atoms with Gasteiger partial charge in [0.1, 0.15) is 0 Å². The molecule has 94 valence electrons. The molecule has 3 nitrogen and oxygen atoms in total. The van der Waals surface area contributed by atoms with Crippen LogP contribution in [0.25, 0.3) is 0 Å². The van der Waals surface area contributed by atoms with Crippen molar-refractivity contribution in [2.24, 2.45) is 0 Å². The maximum Gasteiger partial charge on any atom is 0.0991 e. The van der Waals surface area contributed by atoms with Gasteiger partial charge in [-0.05, 0) is 47.9 Å². The van der Waals surface area contributed by atoms with Gasteiger partial charge in [-0.1, -0.05) is 12.1 Å². The van der Waals surface area contributed by atoms with Crippen LogP contribution >= 0.6 is 0 Å². The van der Waals surface area contributed by atoms with Crippen molar-refractivity contribution in [2.45, 2.75) is 13.0 Å². The highest BCUT2D eigenvalue weighted by molar-refractivity contribution is 5.57. The van der Waals surface area contributed by atoms with Crippen molar-refractivity contribution in [1.29, 1.82) is 5.26 Å². The summed E-state index contributed by atoms with van der Waals surface area (Å²) in [4.78, 5) is 2.32. The average Bonchev–Trinajstić information content (AvgIpc) is 2.47. The van der Waals surface area contributed by atoms with Crippen LogP contribution in [0.1, 0.15) is 16.7 Å². The molecule has 0 spiro atoms. The van der Waals surface area contributed by atoms with Gasteiger partial charge in [-0.3, -0.25) is 0 Å². The maximum absolute atomic E-state index is 8.82. The Kier molecular flexibility index (Phi) is 2.85. The summed E-state index contributed by atoms with van der Waals surface area (Å²) in [6.45, 7) is 1.85. The van der Waals surface area contributed by atoms with E-state index in [2.05, 4.69) is 17.0 Å². The Hall–Kier alpha value is -2.47. The number of rotatable bonds is 1. The summed E-state index contributed by atoms with van der Waals surface area (Å²) in [6, 6.07) is 16.0. The molecular weight excluding hydrogens is 234 g/mol. The maximum atomic E-state index is 8.82. The Morgan fingerprint density at radius 2 is 1.89 bits per heavy atom. The van der Waals surface area contributed by atoms with Crippen molar-refractivity contribution < 1.29 is 0 Å². The zero-order valence-electron chi connectivity index (χ0n) is 10.6. The number of nitriles is 1. The standard InChI is InChI=1S/C16H15N3/c17-10-12-4-6-14(7-5-12)19-9-8-15-13(11-19)2-1-3-16(15)18/h1-7H,8-9,11,18H2. The number of benzene rings is 2. The predicted octanol–water partition coefficient (Wildman–Crippen LogP) is 2.70. The lowest BCUT2D eigenvalue weighted by Crippen LogP contribution is -2.30. The van der Waals surface area contributed by atoms with E-state index >= 15 is 0 Å². The Balaban J connectivity index is 1.87. The summed E-state index contributed by atoms with van der Waals surface area (Å²) in [5.41, 5.74) is 11.4. The minimum atomic E-state index is 0.699. The largest absolute Gasteiger partial charge is 0.398 e. The van der Waals surface area contributed by atoms with Gasteiger partial charge in [-0.25, -0.2) is 0 Å². The number of nitrogens with two attached hydrogens (primary N) is 1. The zero-order chi connectivity index (χ0) is 13.2. The fourth-order valence-electron chi connectivity index (χ4n) is 2.61. The van der Waals surface area contributed by atoms with E-state index in [4.69, 9.17) is 11.0 Å². The Morgan fingerprint density at radius 3 is 2.63 bits per heavy atom. The fraction of sp³-hybridized carbons (Fsp3) is 0.188. The minimum Gasteiger partial charge on any atom is -0.398 e. The second kappa shape index (κ2) is 4.66. The highest BCUT2D eigenvalue weighted by Crippen LogP contribution is 2.27. The van der Waals surface area contributed by atoms with Crippen LogP contribution in [0.2, 0.25) is 0 Å². The molecular formula is C16H15N3. The van der Waals surface area contributed by atoms with Crippen molar-refractivity contribution in [3.05, 3.63) is 59.2 Å². The van der Waals surface area contributed by atoms with Gasteiger partial charge in [0.15, 0.2) is 0 Å². The predicted molar refractivity (Wildman–Crippen MR) is 76.8 cm³/mol. The first-order valence-electron chi connectivity index (χ1n) is 6.39. The first-order valence-corrected chi connectivity index (χ1v) is 6.39. The number of anilines is 2. The molecule has 3 rings (SSSR count). The van der Waals surface area contributed by atoms with E-state index in [0.717, 1.165) is 30.9 Å². The van der Waals surface area contributed by atoms with Crippen LogP contribution < -0.4 is 10.6 Å². The smallest absolute Gasteiger partial charge is 0.0991 e. The van der Waals surface area contributed by atoms with Crippen LogP contribution in [0.3, 0.4) is 0 Å². The molecule has 3 heteroatoms. The second-order valence-corrected chi connectivity index (χ2v) is 4.82. The van der Waals surface area contributed by atoms with Crippen molar-refractivity contribution in [3.8, 4) is 6.07 Å². The van der Waals surface area contributed by atoms with E-state index in [1.54, 1.807) is 0 Å². The molecule has 0 atom stereocenters. The van der Waals surface area contributed by atoms with Gasteiger partial charge in [-0.2, -0.15) is 5.26 Å². The van der Waals surface area contributed by atoms with Gasteiger partial charge < -0.3 is 10.6 Å². The summed E-state index contributed by atoms with van der Waals surface area (Å²) in [5.74, 6) is 0. The molecule has 2 aromatic rings. The Bertz CT molecular complexity index is 638. The molecule has 1 heterocycles. The van der Waals surface area contributed by atoms with E-state index in [1.165, 1.54) is 11.1 Å². The zero-order valence-corrected chi connectivity index (χ0v) is 10.6. The monoisotopic (exact) mass is 249 g/mol.